The van der Waals surface area contributed by atoms with Gasteiger partial charge in [0, 0.05) is 24.7 Å². The van der Waals surface area contributed by atoms with Gasteiger partial charge in [0.1, 0.15) is 5.84 Å². The average Bonchev–Trinajstić information content (AvgIpc) is 3.31. The van der Waals surface area contributed by atoms with Gasteiger partial charge in [0.25, 0.3) is 0 Å². The van der Waals surface area contributed by atoms with Crippen LogP contribution < -0.4 is 0 Å². The van der Waals surface area contributed by atoms with E-state index >= 15 is 0 Å². The molecule has 0 amide bonds. The van der Waals surface area contributed by atoms with E-state index < -0.39 is 0 Å². The summed E-state index contributed by atoms with van der Waals surface area (Å²) in [5.41, 5.74) is 8.32. The molecule has 1 fully saturated rings. The smallest absolute Gasteiger partial charge is 0.132 e. The summed E-state index contributed by atoms with van der Waals surface area (Å²) in [6, 6.07) is 28.1. The predicted octanol–water partition coefficient (Wildman–Crippen LogP) is 7.54. The van der Waals surface area contributed by atoms with Gasteiger partial charge in [-0.15, -0.1) is 0 Å². The van der Waals surface area contributed by atoms with Crippen molar-refractivity contribution in [2.45, 2.75) is 77.9 Å². The van der Waals surface area contributed by atoms with Crippen LogP contribution in [-0.4, -0.2) is 41.3 Å². The zero-order chi connectivity index (χ0) is 25.8. The second-order valence-corrected chi connectivity index (χ2v) is 10.7. The molecule has 1 saturated heterocycles. The Morgan fingerprint density at radius 3 is 2.14 bits per heavy atom. The minimum atomic E-state index is 0.142. The van der Waals surface area contributed by atoms with E-state index in [9.17, 15) is 0 Å². The van der Waals surface area contributed by atoms with Crippen LogP contribution in [0.3, 0.4) is 0 Å². The number of aliphatic imine (C=N–C) groups is 1. The molecule has 2 aliphatic heterocycles. The Morgan fingerprint density at radius 2 is 1.49 bits per heavy atom. The van der Waals surface area contributed by atoms with Gasteiger partial charge in [0.2, 0.25) is 0 Å². The minimum Gasteiger partial charge on any atom is -0.350 e. The lowest BCUT2D eigenvalue weighted by atomic mass is 9.92. The van der Waals surface area contributed by atoms with E-state index in [2.05, 4.69) is 110 Å². The average molecular weight is 494 g/mol. The maximum absolute atomic E-state index is 5.59. The van der Waals surface area contributed by atoms with Crippen LogP contribution in [0, 0.1) is 6.92 Å². The minimum absolute atomic E-state index is 0.142. The first-order chi connectivity index (χ1) is 18.1. The highest BCUT2D eigenvalue weighted by atomic mass is 15.3. The molecule has 37 heavy (non-hydrogen) atoms. The molecule has 0 N–H and O–H groups in total. The zero-order valence-electron chi connectivity index (χ0n) is 23.2. The van der Waals surface area contributed by atoms with Crippen molar-refractivity contribution in [2.75, 3.05) is 19.6 Å². The van der Waals surface area contributed by atoms with E-state index in [0.717, 1.165) is 32.5 Å². The Balaban J connectivity index is 1.56. The van der Waals surface area contributed by atoms with Gasteiger partial charge >= 0.3 is 0 Å². The van der Waals surface area contributed by atoms with Crippen molar-refractivity contribution in [3.05, 3.63) is 106 Å². The van der Waals surface area contributed by atoms with Crippen molar-refractivity contribution in [3.8, 4) is 0 Å². The first-order valence-electron chi connectivity index (χ1n) is 14.5. The topological polar surface area (TPSA) is 18.8 Å². The van der Waals surface area contributed by atoms with Crippen molar-refractivity contribution in [1.82, 2.24) is 9.80 Å². The molecule has 3 nitrogen and oxygen atoms in total. The van der Waals surface area contributed by atoms with Crippen LogP contribution in [0.5, 0.6) is 0 Å². The van der Waals surface area contributed by atoms with E-state index in [0.29, 0.717) is 12.1 Å². The lowest BCUT2D eigenvalue weighted by molar-refractivity contribution is 0.110. The van der Waals surface area contributed by atoms with Gasteiger partial charge in [0.15, 0.2) is 0 Å². The third-order valence-electron chi connectivity index (χ3n) is 8.50. The molecule has 0 saturated carbocycles. The van der Waals surface area contributed by atoms with E-state index in [1.54, 1.807) is 0 Å². The lowest BCUT2D eigenvalue weighted by Crippen LogP contribution is -2.48. The number of likely N-dealkylation sites (N-methyl/N-ethyl adjacent to an activating group) is 1. The van der Waals surface area contributed by atoms with E-state index in [1.165, 1.54) is 58.5 Å². The molecule has 0 radical (unpaired) electrons. The first kappa shape index (κ1) is 25.7. The summed E-state index contributed by atoms with van der Waals surface area (Å²) in [7, 11) is 0. The molecule has 2 heterocycles. The molecule has 3 atom stereocenters. The van der Waals surface area contributed by atoms with Crippen molar-refractivity contribution in [1.29, 1.82) is 0 Å². The molecule has 2 aliphatic rings. The lowest BCUT2D eigenvalue weighted by Gasteiger charge is -2.41. The molecule has 5 rings (SSSR count). The van der Waals surface area contributed by atoms with Gasteiger partial charge < -0.3 is 4.90 Å². The Labute approximate surface area is 224 Å². The fourth-order valence-electron chi connectivity index (χ4n) is 6.50. The van der Waals surface area contributed by atoms with Crippen molar-refractivity contribution >= 4 is 5.84 Å². The fraction of sp³-hybridized carbons (Fsp3) is 0.441. The Kier molecular flexibility index (Phi) is 8.10. The second-order valence-electron chi connectivity index (χ2n) is 10.7. The summed E-state index contributed by atoms with van der Waals surface area (Å²) >= 11 is 0. The van der Waals surface area contributed by atoms with Gasteiger partial charge in [0.05, 0.1) is 12.1 Å². The highest BCUT2D eigenvalue weighted by Crippen LogP contribution is 2.38. The van der Waals surface area contributed by atoms with Crippen LogP contribution in [-0.2, 0) is 12.8 Å². The molecule has 3 aromatic rings. The van der Waals surface area contributed by atoms with Crippen molar-refractivity contribution in [3.63, 3.8) is 0 Å². The molecule has 0 aliphatic carbocycles. The number of piperidine rings is 1. The number of amidine groups is 1. The third kappa shape index (κ3) is 5.25. The Morgan fingerprint density at radius 1 is 0.784 bits per heavy atom. The van der Waals surface area contributed by atoms with Crippen LogP contribution in [0.2, 0.25) is 0 Å². The number of likely N-dealkylation sites (tertiary alicyclic amines) is 1. The Hall–Kier alpha value is -2.91. The van der Waals surface area contributed by atoms with Gasteiger partial charge in [-0.1, -0.05) is 98.6 Å². The van der Waals surface area contributed by atoms with Crippen LogP contribution >= 0.6 is 0 Å². The van der Waals surface area contributed by atoms with E-state index in [1.807, 2.05) is 0 Å². The zero-order valence-corrected chi connectivity index (χ0v) is 23.2. The Bertz CT molecular complexity index is 1180. The van der Waals surface area contributed by atoms with Crippen molar-refractivity contribution < 1.29 is 0 Å². The van der Waals surface area contributed by atoms with Crippen LogP contribution in [0.15, 0.2) is 77.8 Å². The molecule has 3 aromatic carbocycles. The summed E-state index contributed by atoms with van der Waals surface area (Å²) in [5.74, 6) is 1.21. The standard InChI is InChI=1S/C34H43N3/c1-5-26-16-13-17-27(6-2)32(26)34-35-33(29-21-19-25(4)20-22-29)31(37(34)7-3)24-36-23-12-11-18-30(36)28-14-9-8-10-15-28/h8-10,13-17,19-22,30-31,33H,5-7,11-12,18,23-24H2,1-4H3. The summed E-state index contributed by atoms with van der Waals surface area (Å²) < 4.78 is 0. The number of rotatable bonds is 8. The van der Waals surface area contributed by atoms with E-state index in [-0.39, 0.29) is 6.04 Å². The van der Waals surface area contributed by atoms with Crippen LogP contribution in [0.25, 0.3) is 0 Å². The van der Waals surface area contributed by atoms with Gasteiger partial charge in [-0.3, -0.25) is 9.89 Å². The first-order valence-corrected chi connectivity index (χ1v) is 14.5. The highest BCUT2D eigenvalue weighted by Gasteiger charge is 2.40. The second kappa shape index (κ2) is 11.6. The fourth-order valence-corrected chi connectivity index (χ4v) is 6.50. The van der Waals surface area contributed by atoms with Crippen LogP contribution in [0.1, 0.15) is 85.5 Å². The maximum Gasteiger partial charge on any atom is 0.132 e. The molecule has 0 aromatic heterocycles. The van der Waals surface area contributed by atoms with E-state index in [4.69, 9.17) is 4.99 Å². The SMILES string of the molecule is CCc1cccc(CC)c1C1=NC(c2ccc(C)cc2)C(CN2CCCCC2c2ccccc2)N1CC. The summed E-state index contributed by atoms with van der Waals surface area (Å²) in [6.45, 7) is 12.2. The molecule has 0 bridgehead atoms. The molecule has 3 heteroatoms. The van der Waals surface area contributed by atoms with Crippen LogP contribution in [0.4, 0.5) is 0 Å². The number of aryl methyl sites for hydroxylation is 3. The molecular weight excluding hydrogens is 450 g/mol. The van der Waals surface area contributed by atoms with Gasteiger partial charge in [-0.05, 0) is 68.3 Å². The molecular formula is C34H43N3. The normalized spacial score (nSPS) is 22.3. The number of hydrogen-bond donors (Lipinski definition) is 0. The summed E-state index contributed by atoms with van der Waals surface area (Å²) in [6.07, 6.45) is 5.89. The number of hydrogen-bond acceptors (Lipinski definition) is 3. The quantitative estimate of drug-likeness (QED) is 0.323. The van der Waals surface area contributed by atoms with Crippen molar-refractivity contribution in [2.24, 2.45) is 4.99 Å². The van der Waals surface area contributed by atoms with Gasteiger partial charge in [-0.2, -0.15) is 0 Å². The highest BCUT2D eigenvalue weighted by molar-refractivity contribution is 6.03. The monoisotopic (exact) mass is 493 g/mol. The van der Waals surface area contributed by atoms with Gasteiger partial charge in [-0.25, -0.2) is 0 Å². The largest absolute Gasteiger partial charge is 0.350 e. The third-order valence-corrected chi connectivity index (χ3v) is 8.50. The summed E-state index contributed by atoms with van der Waals surface area (Å²) in [4.78, 5) is 11.0. The number of benzene rings is 3. The summed E-state index contributed by atoms with van der Waals surface area (Å²) in [5, 5.41) is 0. The predicted molar refractivity (Wildman–Crippen MR) is 156 cm³/mol. The number of nitrogens with zero attached hydrogens (tertiary/aromatic N) is 3. The molecule has 194 valence electrons. The molecule has 0 spiro atoms. The maximum atomic E-state index is 5.59. The molecule has 3 unspecified atom stereocenters.